The fourth-order valence-corrected chi connectivity index (χ4v) is 3.54. The van der Waals surface area contributed by atoms with Crippen LogP contribution in [0.3, 0.4) is 0 Å². The monoisotopic (exact) mass is 398 g/mol. The first-order valence-electron chi connectivity index (χ1n) is 9.67. The molecule has 1 atom stereocenters. The van der Waals surface area contributed by atoms with E-state index < -0.39 is 17.4 Å². The van der Waals surface area contributed by atoms with E-state index in [2.05, 4.69) is 10.6 Å². The van der Waals surface area contributed by atoms with Crippen LogP contribution in [0.2, 0.25) is 0 Å². The largest absolute Gasteiger partial charge is 0.497 e. The lowest BCUT2D eigenvalue weighted by atomic mass is 9.79. The summed E-state index contributed by atoms with van der Waals surface area (Å²) in [5.74, 6) is -0.173. The van der Waals surface area contributed by atoms with Gasteiger partial charge in [-0.1, -0.05) is 6.07 Å². The second-order valence-corrected chi connectivity index (χ2v) is 7.00. The highest BCUT2D eigenvalue weighted by atomic mass is 16.5. The van der Waals surface area contributed by atoms with E-state index in [1.807, 2.05) is 19.1 Å². The summed E-state index contributed by atoms with van der Waals surface area (Å²) in [5, 5.41) is 16.2. The van der Waals surface area contributed by atoms with Crippen molar-refractivity contribution in [3.63, 3.8) is 0 Å². The van der Waals surface area contributed by atoms with Crippen molar-refractivity contribution < 1.29 is 24.2 Å². The highest BCUT2D eigenvalue weighted by molar-refractivity contribution is 6.39. The highest BCUT2D eigenvalue weighted by Gasteiger charge is 2.35. The molecule has 3 rings (SSSR count). The van der Waals surface area contributed by atoms with Gasteiger partial charge in [-0.3, -0.25) is 9.59 Å². The van der Waals surface area contributed by atoms with Gasteiger partial charge in [0, 0.05) is 5.69 Å². The first kappa shape index (κ1) is 20.7. The van der Waals surface area contributed by atoms with Crippen molar-refractivity contribution in [2.75, 3.05) is 25.6 Å². The minimum atomic E-state index is -1.21. The van der Waals surface area contributed by atoms with Gasteiger partial charge in [-0.25, -0.2) is 0 Å². The molecule has 2 aromatic carbocycles. The van der Waals surface area contributed by atoms with Crippen molar-refractivity contribution in [1.82, 2.24) is 5.32 Å². The Balaban J connectivity index is 1.61. The van der Waals surface area contributed by atoms with Crippen molar-refractivity contribution in [1.29, 1.82) is 0 Å². The third kappa shape index (κ3) is 4.86. The molecule has 154 valence electrons. The highest BCUT2D eigenvalue weighted by Crippen LogP contribution is 2.36. The van der Waals surface area contributed by atoms with E-state index in [1.54, 1.807) is 37.4 Å². The first-order valence-corrected chi connectivity index (χ1v) is 9.67. The smallest absolute Gasteiger partial charge is 0.313 e. The Bertz CT molecular complexity index is 881. The number of nitrogens with one attached hydrogen (secondary N) is 2. The van der Waals surface area contributed by atoms with Crippen LogP contribution < -0.4 is 20.1 Å². The number of amides is 2. The number of methoxy groups -OCH3 is 1. The molecular formula is C22H26N2O5. The third-order valence-electron chi connectivity index (χ3n) is 5.02. The van der Waals surface area contributed by atoms with Crippen molar-refractivity contribution in [3.05, 3.63) is 53.6 Å². The summed E-state index contributed by atoms with van der Waals surface area (Å²) in [4.78, 5) is 24.4. The summed E-state index contributed by atoms with van der Waals surface area (Å²) in [7, 11) is 1.60. The molecule has 1 aliphatic rings. The van der Waals surface area contributed by atoms with Gasteiger partial charge < -0.3 is 25.2 Å². The number of hydrogen-bond acceptors (Lipinski definition) is 5. The lowest BCUT2D eigenvalue weighted by molar-refractivity contribution is -0.137. The summed E-state index contributed by atoms with van der Waals surface area (Å²) in [6.45, 7) is 2.39. The van der Waals surface area contributed by atoms with Crippen molar-refractivity contribution in [2.24, 2.45) is 0 Å². The zero-order valence-corrected chi connectivity index (χ0v) is 16.7. The Hall–Kier alpha value is -3.06. The predicted octanol–water partition coefficient (Wildman–Crippen LogP) is 2.37. The Morgan fingerprint density at radius 2 is 1.83 bits per heavy atom. The molecule has 0 bridgehead atoms. The molecule has 0 radical (unpaired) electrons. The number of ether oxygens (including phenoxy) is 2. The van der Waals surface area contributed by atoms with E-state index in [-0.39, 0.29) is 6.54 Å². The van der Waals surface area contributed by atoms with E-state index in [0.717, 1.165) is 29.7 Å². The van der Waals surface area contributed by atoms with Crippen LogP contribution in [0.25, 0.3) is 0 Å². The average molecular weight is 398 g/mol. The summed E-state index contributed by atoms with van der Waals surface area (Å²) >= 11 is 0. The molecule has 0 heterocycles. The second-order valence-electron chi connectivity index (χ2n) is 7.00. The van der Waals surface area contributed by atoms with Crippen molar-refractivity contribution in [2.45, 2.75) is 31.8 Å². The standard InChI is InChI=1S/C22H26N2O5/c1-3-29-17-8-6-16(7-9-17)24-21(26)20(25)23-14-22(27)12-4-5-15-13-18(28-2)10-11-19(15)22/h6-11,13,27H,3-5,12,14H2,1-2H3,(H,23,25)(H,24,26). The molecule has 1 unspecified atom stereocenters. The number of aliphatic hydroxyl groups is 1. The molecule has 0 aliphatic heterocycles. The zero-order chi connectivity index (χ0) is 20.9. The maximum Gasteiger partial charge on any atom is 0.313 e. The summed E-state index contributed by atoms with van der Waals surface area (Å²) in [6, 6.07) is 12.3. The second kappa shape index (κ2) is 8.96. The minimum Gasteiger partial charge on any atom is -0.497 e. The van der Waals surface area contributed by atoms with Crippen LogP contribution >= 0.6 is 0 Å². The maximum atomic E-state index is 12.2. The van der Waals surface area contributed by atoms with Crippen LogP contribution in [0.15, 0.2) is 42.5 Å². The molecule has 0 saturated carbocycles. The van der Waals surface area contributed by atoms with Gasteiger partial charge in [-0.2, -0.15) is 0 Å². The number of fused-ring (bicyclic) bond motifs is 1. The third-order valence-corrected chi connectivity index (χ3v) is 5.02. The summed E-state index contributed by atoms with van der Waals surface area (Å²) in [6.07, 6.45) is 2.12. The molecule has 0 spiro atoms. The molecule has 0 saturated heterocycles. The van der Waals surface area contributed by atoms with Gasteiger partial charge in [0.05, 0.1) is 20.3 Å². The van der Waals surface area contributed by atoms with Gasteiger partial charge in [0.2, 0.25) is 0 Å². The number of carbonyl (C=O) groups excluding carboxylic acids is 2. The predicted molar refractivity (Wildman–Crippen MR) is 109 cm³/mol. The number of aryl methyl sites for hydroxylation is 1. The van der Waals surface area contributed by atoms with Gasteiger partial charge >= 0.3 is 11.8 Å². The molecule has 1 aliphatic carbocycles. The van der Waals surface area contributed by atoms with E-state index in [4.69, 9.17) is 9.47 Å². The van der Waals surface area contributed by atoms with Gasteiger partial charge in [-0.15, -0.1) is 0 Å². The van der Waals surface area contributed by atoms with Crippen LogP contribution in [0.5, 0.6) is 11.5 Å². The molecule has 3 N–H and O–H groups in total. The number of benzene rings is 2. The van der Waals surface area contributed by atoms with E-state index >= 15 is 0 Å². The van der Waals surface area contributed by atoms with Crippen molar-refractivity contribution in [3.8, 4) is 11.5 Å². The Kier molecular flexibility index (Phi) is 6.39. The molecular weight excluding hydrogens is 372 g/mol. The Morgan fingerprint density at radius 1 is 1.10 bits per heavy atom. The van der Waals surface area contributed by atoms with Crippen LogP contribution in [0.4, 0.5) is 5.69 Å². The molecule has 7 nitrogen and oxygen atoms in total. The molecule has 29 heavy (non-hydrogen) atoms. The van der Waals surface area contributed by atoms with E-state index in [9.17, 15) is 14.7 Å². The average Bonchev–Trinajstić information content (AvgIpc) is 2.73. The van der Waals surface area contributed by atoms with E-state index in [0.29, 0.717) is 24.5 Å². The molecule has 2 amide bonds. The Morgan fingerprint density at radius 3 is 2.52 bits per heavy atom. The summed E-state index contributed by atoms with van der Waals surface area (Å²) in [5.41, 5.74) is 1.03. The fraction of sp³-hybridized carbons (Fsp3) is 0.364. The lowest BCUT2D eigenvalue weighted by Crippen LogP contribution is -2.46. The number of carbonyl (C=O) groups is 2. The lowest BCUT2D eigenvalue weighted by Gasteiger charge is -2.34. The van der Waals surface area contributed by atoms with Crippen LogP contribution in [-0.4, -0.2) is 37.2 Å². The zero-order valence-electron chi connectivity index (χ0n) is 16.7. The molecule has 0 aromatic heterocycles. The van der Waals surface area contributed by atoms with Crippen LogP contribution in [0.1, 0.15) is 30.9 Å². The minimum absolute atomic E-state index is 0.0398. The van der Waals surface area contributed by atoms with Gasteiger partial charge in [-0.05, 0) is 73.7 Å². The summed E-state index contributed by atoms with van der Waals surface area (Å²) < 4.78 is 10.6. The maximum absolute atomic E-state index is 12.2. The molecule has 2 aromatic rings. The normalized spacial score (nSPS) is 17.8. The fourth-order valence-electron chi connectivity index (χ4n) is 3.54. The topological polar surface area (TPSA) is 96.9 Å². The van der Waals surface area contributed by atoms with Crippen LogP contribution in [0, 0.1) is 0 Å². The van der Waals surface area contributed by atoms with Gasteiger partial charge in [0.15, 0.2) is 0 Å². The SMILES string of the molecule is CCOc1ccc(NC(=O)C(=O)NCC2(O)CCCc3cc(OC)ccc32)cc1. The van der Waals surface area contributed by atoms with E-state index in [1.165, 1.54) is 0 Å². The van der Waals surface area contributed by atoms with Gasteiger partial charge in [0.1, 0.15) is 17.1 Å². The Labute approximate surface area is 170 Å². The first-order chi connectivity index (χ1) is 13.9. The number of anilines is 1. The molecule has 0 fully saturated rings. The quantitative estimate of drug-likeness (QED) is 0.649. The van der Waals surface area contributed by atoms with Gasteiger partial charge in [0.25, 0.3) is 0 Å². The number of rotatable bonds is 6. The van der Waals surface area contributed by atoms with Crippen LogP contribution in [-0.2, 0) is 21.6 Å². The molecule has 7 heteroatoms. The van der Waals surface area contributed by atoms with Crippen molar-refractivity contribution >= 4 is 17.5 Å². The number of hydrogen-bond donors (Lipinski definition) is 3.